The van der Waals surface area contributed by atoms with Crippen LogP contribution in [0.15, 0.2) is 84.1 Å². The molecule has 0 saturated carbocycles. The standard InChI is InChI=1S/C29H20Cl2F3N3OS/c1-17(35-15-22(39)14-24-25(30)3-2-4-26(24)31)18-5-11-23-19(13-18)6-12-27-28(23)36-16-37(27)20-7-9-21(10-8-20)38-29(32,33)34/h2-13,16H,14-15H2,1H3. The molecule has 0 aliphatic heterocycles. The molecular formula is C29H20Cl2F3N3OS. The van der Waals surface area contributed by atoms with Gasteiger partial charge in [-0.1, -0.05) is 59.7 Å². The summed E-state index contributed by atoms with van der Waals surface area (Å²) in [4.78, 5) is 9.99. The predicted octanol–water partition coefficient (Wildman–Crippen LogP) is 8.81. The number of aromatic nitrogens is 2. The fourth-order valence-corrected chi connectivity index (χ4v) is 5.04. The fourth-order valence-electron chi connectivity index (χ4n) is 4.30. The number of alkyl halides is 3. The molecule has 4 aromatic carbocycles. The van der Waals surface area contributed by atoms with Crippen LogP contribution in [-0.4, -0.2) is 33.0 Å². The van der Waals surface area contributed by atoms with E-state index in [1.165, 1.54) is 12.1 Å². The van der Waals surface area contributed by atoms with Crippen LogP contribution in [0.1, 0.15) is 18.1 Å². The van der Waals surface area contributed by atoms with Gasteiger partial charge in [0.1, 0.15) is 12.1 Å². The molecular weight excluding hydrogens is 566 g/mol. The molecule has 5 aromatic rings. The van der Waals surface area contributed by atoms with Crippen LogP contribution in [0.4, 0.5) is 13.2 Å². The van der Waals surface area contributed by atoms with Crippen molar-refractivity contribution < 1.29 is 17.9 Å². The molecule has 0 unspecified atom stereocenters. The van der Waals surface area contributed by atoms with E-state index >= 15 is 0 Å². The molecule has 0 saturated heterocycles. The first-order chi connectivity index (χ1) is 18.6. The quantitative estimate of drug-likeness (QED) is 0.141. The van der Waals surface area contributed by atoms with E-state index in [0.717, 1.165) is 43.5 Å². The van der Waals surface area contributed by atoms with E-state index in [1.54, 1.807) is 36.7 Å². The number of thiocarbonyl (C=S) groups is 1. The number of hydrogen-bond donors (Lipinski definition) is 0. The number of halogens is 5. The van der Waals surface area contributed by atoms with E-state index in [2.05, 4.69) is 14.7 Å². The third kappa shape index (κ3) is 6.08. The van der Waals surface area contributed by atoms with E-state index in [0.29, 0.717) is 28.7 Å². The molecule has 0 atom stereocenters. The molecule has 0 amide bonds. The highest BCUT2D eigenvalue weighted by Gasteiger charge is 2.31. The molecule has 0 bridgehead atoms. The van der Waals surface area contributed by atoms with Gasteiger partial charge in [-0.3, -0.25) is 9.56 Å². The molecule has 4 nitrogen and oxygen atoms in total. The minimum Gasteiger partial charge on any atom is -0.406 e. The van der Waals surface area contributed by atoms with E-state index in [4.69, 9.17) is 35.4 Å². The maximum atomic E-state index is 12.5. The van der Waals surface area contributed by atoms with E-state index < -0.39 is 6.36 Å². The van der Waals surface area contributed by atoms with Crippen LogP contribution < -0.4 is 4.74 Å². The number of imidazole rings is 1. The molecule has 1 aromatic heterocycles. The molecule has 0 N–H and O–H groups in total. The number of ether oxygens (including phenoxy) is 1. The Labute approximate surface area is 237 Å². The predicted molar refractivity (Wildman–Crippen MR) is 155 cm³/mol. The third-order valence-electron chi connectivity index (χ3n) is 6.23. The lowest BCUT2D eigenvalue weighted by Crippen LogP contribution is -2.17. The lowest BCUT2D eigenvalue weighted by atomic mass is 10.0. The molecule has 0 spiro atoms. The molecule has 0 aliphatic carbocycles. The SMILES string of the molecule is CC(=NCC(=S)Cc1c(Cl)cccc1Cl)c1ccc2c(ccc3c2ncn3-c2ccc(OC(F)(F)F)cc2)c1. The second-order valence-electron chi connectivity index (χ2n) is 8.84. The normalized spacial score (nSPS) is 12.3. The summed E-state index contributed by atoms with van der Waals surface area (Å²) < 4.78 is 43.2. The van der Waals surface area contributed by atoms with Crippen LogP contribution in [0, 0.1) is 0 Å². The average Bonchev–Trinajstić information content (AvgIpc) is 3.33. The molecule has 0 radical (unpaired) electrons. The van der Waals surface area contributed by atoms with E-state index in [-0.39, 0.29) is 5.75 Å². The Bertz CT molecular complexity index is 1710. The number of fused-ring (bicyclic) bond motifs is 3. The molecule has 198 valence electrons. The fraction of sp³-hybridized carbons (Fsp3) is 0.138. The van der Waals surface area contributed by atoms with Crippen molar-refractivity contribution in [3.05, 3.63) is 100 Å². The summed E-state index contributed by atoms with van der Waals surface area (Å²) >= 11 is 18.1. The van der Waals surface area contributed by atoms with Crippen LogP contribution in [0.5, 0.6) is 5.75 Å². The lowest BCUT2D eigenvalue weighted by Gasteiger charge is -2.10. The van der Waals surface area contributed by atoms with Crippen molar-refractivity contribution in [1.29, 1.82) is 0 Å². The third-order valence-corrected chi connectivity index (χ3v) is 7.21. The minimum absolute atomic E-state index is 0.279. The first-order valence-corrected chi connectivity index (χ1v) is 13.0. The Kier molecular flexibility index (Phi) is 7.62. The van der Waals surface area contributed by atoms with Gasteiger partial charge in [0.2, 0.25) is 0 Å². The highest BCUT2D eigenvalue weighted by molar-refractivity contribution is 7.80. The highest BCUT2D eigenvalue weighted by Crippen LogP contribution is 2.29. The number of rotatable bonds is 7. The van der Waals surface area contributed by atoms with Crippen molar-refractivity contribution >= 4 is 67.8 Å². The maximum Gasteiger partial charge on any atom is 0.573 e. The zero-order valence-corrected chi connectivity index (χ0v) is 22.8. The van der Waals surface area contributed by atoms with Gasteiger partial charge in [0.25, 0.3) is 0 Å². The van der Waals surface area contributed by atoms with Gasteiger partial charge in [0, 0.05) is 38.1 Å². The second kappa shape index (κ2) is 11.0. The summed E-state index contributed by atoms with van der Waals surface area (Å²) in [6.45, 7) is 2.31. The van der Waals surface area contributed by atoms with Gasteiger partial charge in [0.05, 0.1) is 17.6 Å². The van der Waals surface area contributed by atoms with Gasteiger partial charge in [-0.2, -0.15) is 0 Å². The summed E-state index contributed by atoms with van der Waals surface area (Å²) in [5, 5.41) is 3.10. The summed E-state index contributed by atoms with van der Waals surface area (Å²) in [5.74, 6) is -0.279. The van der Waals surface area contributed by atoms with Crippen molar-refractivity contribution in [2.75, 3.05) is 6.54 Å². The summed E-state index contributed by atoms with van der Waals surface area (Å²) in [6, 6.07) is 21.0. The van der Waals surface area contributed by atoms with Crippen LogP contribution in [0.25, 0.3) is 27.5 Å². The Morgan fingerprint density at radius 1 is 1.00 bits per heavy atom. The summed E-state index contributed by atoms with van der Waals surface area (Å²) in [7, 11) is 0. The number of aliphatic imine (C=N–C) groups is 1. The largest absolute Gasteiger partial charge is 0.573 e. The first kappa shape index (κ1) is 27.1. The second-order valence-corrected chi connectivity index (χ2v) is 10.2. The smallest absolute Gasteiger partial charge is 0.406 e. The molecule has 5 rings (SSSR count). The van der Waals surface area contributed by atoms with Crippen molar-refractivity contribution in [1.82, 2.24) is 9.55 Å². The first-order valence-electron chi connectivity index (χ1n) is 11.8. The zero-order chi connectivity index (χ0) is 27.7. The van der Waals surface area contributed by atoms with Crippen molar-refractivity contribution in [2.45, 2.75) is 19.7 Å². The van der Waals surface area contributed by atoms with Crippen LogP contribution in [0.2, 0.25) is 10.0 Å². The Hall–Kier alpha value is -3.46. The van der Waals surface area contributed by atoms with Gasteiger partial charge in [-0.15, -0.1) is 13.2 Å². The Morgan fingerprint density at radius 3 is 2.41 bits per heavy atom. The van der Waals surface area contributed by atoms with Crippen LogP contribution in [-0.2, 0) is 6.42 Å². The van der Waals surface area contributed by atoms with Gasteiger partial charge in [-0.05, 0) is 72.0 Å². The average molecular weight is 586 g/mol. The van der Waals surface area contributed by atoms with Gasteiger partial charge in [0.15, 0.2) is 0 Å². The Morgan fingerprint density at radius 2 is 1.72 bits per heavy atom. The van der Waals surface area contributed by atoms with Crippen molar-refractivity contribution in [3.8, 4) is 11.4 Å². The van der Waals surface area contributed by atoms with Crippen LogP contribution >= 0.6 is 35.4 Å². The van der Waals surface area contributed by atoms with Crippen LogP contribution in [0.3, 0.4) is 0 Å². The summed E-state index contributed by atoms with van der Waals surface area (Å²) in [5.41, 5.74) is 4.88. The van der Waals surface area contributed by atoms with E-state index in [1.807, 2.05) is 41.8 Å². The number of benzene rings is 4. The number of hydrogen-bond acceptors (Lipinski definition) is 4. The van der Waals surface area contributed by atoms with E-state index in [9.17, 15) is 13.2 Å². The molecule has 39 heavy (non-hydrogen) atoms. The monoisotopic (exact) mass is 585 g/mol. The minimum atomic E-state index is -4.74. The van der Waals surface area contributed by atoms with Gasteiger partial charge < -0.3 is 4.74 Å². The Balaban J connectivity index is 1.36. The lowest BCUT2D eigenvalue weighted by molar-refractivity contribution is -0.274. The topological polar surface area (TPSA) is 39.4 Å². The summed E-state index contributed by atoms with van der Waals surface area (Å²) in [6.07, 6.45) is -2.61. The van der Waals surface area contributed by atoms with Crippen molar-refractivity contribution in [3.63, 3.8) is 0 Å². The number of nitrogens with zero attached hydrogens (tertiary/aromatic N) is 3. The van der Waals surface area contributed by atoms with Crippen molar-refractivity contribution in [2.24, 2.45) is 4.99 Å². The molecule has 10 heteroatoms. The maximum absolute atomic E-state index is 12.5. The molecule has 1 heterocycles. The molecule has 0 aliphatic rings. The van der Waals surface area contributed by atoms with Gasteiger partial charge >= 0.3 is 6.36 Å². The molecule has 0 fully saturated rings. The zero-order valence-electron chi connectivity index (χ0n) is 20.5. The van der Waals surface area contributed by atoms with Gasteiger partial charge in [-0.25, -0.2) is 4.98 Å². The highest BCUT2D eigenvalue weighted by atomic mass is 35.5.